The molecule has 0 amide bonds. The van der Waals surface area contributed by atoms with Crippen molar-refractivity contribution in [2.75, 3.05) is 151 Å². The molecule has 18 nitrogen and oxygen atoms in total. The number of hydrogen-bond acceptors (Lipinski definition) is 16. The van der Waals surface area contributed by atoms with Crippen molar-refractivity contribution in [1.82, 2.24) is 19.6 Å². The Balaban J connectivity index is 0. The van der Waals surface area contributed by atoms with Gasteiger partial charge in [0, 0.05) is 78.5 Å². The third kappa shape index (κ3) is 25.3. The molecule has 2 aliphatic heterocycles. The van der Waals surface area contributed by atoms with Gasteiger partial charge in [0.05, 0.1) is 90.6 Å². The Hall–Kier alpha value is -0.745. The van der Waals surface area contributed by atoms with E-state index in [1.54, 1.807) is 14.7 Å². The maximum Gasteiger partial charge on any atom is 3.00 e. The summed E-state index contributed by atoms with van der Waals surface area (Å²) in [5.41, 5.74) is 0. The van der Waals surface area contributed by atoms with E-state index in [1.807, 2.05) is 0 Å². The molecule has 46 heavy (non-hydrogen) atoms. The number of carboxylic acids is 3. The van der Waals surface area contributed by atoms with Gasteiger partial charge in [-0.3, -0.25) is 19.6 Å². The first kappa shape index (κ1) is 47.4. The summed E-state index contributed by atoms with van der Waals surface area (Å²) in [7, 11) is 0. The molecule has 0 aromatic rings. The summed E-state index contributed by atoms with van der Waals surface area (Å²) in [5.74, 6) is -3.71. The van der Waals surface area contributed by atoms with Crippen LogP contribution in [-0.4, -0.2) is 206 Å². The molecule has 0 bridgehead atoms. The Kier molecular flexibility index (Phi) is 31.2. The van der Waals surface area contributed by atoms with Gasteiger partial charge in [-0.1, -0.05) is 0 Å². The zero-order valence-corrected chi connectivity index (χ0v) is 28.7. The number of carbonyl (C=O) groups excluding carboxylic acids is 3. The average Bonchev–Trinajstić information content (AvgIpc) is 2.95. The van der Waals surface area contributed by atoms with Crippen LogP contribution < -0.4 is 15.3 Å². The van der Waals surface area contributed by atoms with E-state index < -0.39 is 17.9 Å². The first-order chi connectivity index (χ1) is 20.8. The predicted molar refractivity (Wildman–Crippen MR) is 152 cm³/mol. The first-order valence-electron chi connectivity index (χ1n) is 14.8. The largest absolute Gasteiger partial charge is 3.00 e. The summed E-state index contributed by atoms with van der Waals surface area (Å²) < 4.78 is 33.9. The van der Waals surface area contributed by atoms with E-state index in [-0.39, 0.29) is 89.7 Å². The van der Waals surface area contributed by atoms with E-state index in [0.717, 1.165) is 0 Å². The Labute approximate surface area is 302 Å². The van der Waals surface area contributed by atoms with Gasteiger partial charge >= 0.3 is 39.9 Å². The number of hydrogen-bond donors (Lipinski definition) is 0. The smallest absolute Gasteiger partial charge is 0.549 e. The minimum absolute atomic E-state index is 0. The number of carboxylic acid groups (broad SMARTS) is 3. The number of rotatable bonds is 11. The van der Waals surface area contributed by atoms with Gasteiger partial charge in [-0.15, -0.1) is 0 Å². The van der Waals surface area contributed by atoms with Crippen LogP contribution in [0.25, 0.3) is 0 Å². The average molecular weight is 813 g/mol. The van der Waals surface area contributed by atoms with Crippen molar-refractivity contribution in [3.63, 3.8) is 0 Å². The molecule has 0 saturated carbocycles. The number of aliphatic carboxylic acids is 3. The van der Waals surface area contributed by atoms with Gasteiger partial charge < -0.3 is 69.1 Å². The molecule has 4 N–H and O–H groups in total. The van der Waals surface area contributed by atoms with Gasteiger partial charge in [0.1, 0.15) is 6.10 Å². The van der Waals surface area contributed by atoms with Gasteiger partial charge in [0.2, 0.25) is 0 Å². The van der Waals surface area contributed by atoms with Crippen molar-refractivity contribution >= 4 is 17.9 Å². The van der Waals surface area contributed by atoms with Crippen LogP contribution in [0, 0.1) is 39.9 Å². The van der Waals surface area contributed by atoms with Crippen molar-refractivity contribution in [1.29, 1.82) is 0 Å². The van der Waals surface area contributed by atoms with Gasteiger partial charge in [0.15, 0.2) is 0 Å². The van der Waals surface area contributed by atoms with Crippen LogP contribution in [-0.2, 0) is 42.8 Å². The second kappa shape index (κ2) is 30.3. The van der Waals surface area contributed by atoms with E-state index in [4.69, 9.17) is 28.4 Å². The summed E-state index contributed by atoms with van der Waals surface area (Å²) >= 11 is 0. The fraction of sp³-hybridized carbons (Fsp3) is 0.889. The number of nitrogens with zero attached hydrogens (tertiary/aromatic N) is 4. The van der Waals surface area contributed by atoms with Gasteiger partial charge in [-0.05, 0) is 0 Å². The van der Waals surface area contributed by atoms with Crippen molar-refractivity contribution in [3.05, 3.63) is 0 Å². The molecule has 0 aromatic heterocycles. The van der Waals surface area contributed by atoms with Crippen molar-refractivity contribution in [2.45, 2.75) is 6.10 Å². The molecule has 0 aliphatic carbocycles. The molecule has 2 heterocycles. The maximum atomic E-state index is 11.3. The predicted octanol–water partition coefficient (Wildman–Crippen LogP) is -7.71. The zero-order chi connectivity index (χ0) is 31.1. The molecule has 0 spiro atoms. The van der Waals surface area contributed by atoms with Gasteiger partial charge in [-0.2, -0.15) is 0 Å². The summed E-state index contributed by atoms with van der Waals surface area (Å²) in [4.78, 5) is 41.0. The second-order valence-corrected chi connectivity index (χ2v) is 10.3. The van der Waals surface area contributed by atoms with E-state index >= 15 is 0 Å². The van der Waals surface area contributed by atoms with Gasteiger partial charge in [-0.25, -0.2) is 0 Å². The molecule has 2 rings (SSSR count). The quantitative estimate of drug-likeness (QED) is 0.176. The van der Waals surface area contributed by atoms with Crippen molar-refractivity contribution in [2.24, 2.45) is 0 Å². The minimum atomic E-state index is -1.26. The van der Waals surface area contributed by atoms with Crippen molar-refractivity contribution in [3.8, 4) is 0 Å². The maximum absolute atomic E-state index is 11.3. The summed E-state index contributed by atoms with van der Waals surface area (Å²) in [5, 5.41) is 33.9. The van der Waals surface area contributed by atoms with Crippen LogP contribution in [0.1, 0.15) is 0 Å². The first-order valence-corrected chi connectivity index (χ1v) is 14.8. The Morgan fingerprint density at radius 3 is 1.30 bits per heavy atom. The van der Waals surface area contributed by atoms with E-state index in [1.165, 1.54) is 0 Å². The monoisotopic (exact) mass is 813 g/mol. The van der Waals surface area contributed by atoms with Crippen LogP contribution in [0.5, 0.6) is 0 Å². The number of carbonyl (C=O) groups is 3. The molecule has 2 fully saturated rings. The third-order valence-electron chi connectivity index (χ3n) is 6.84. The molecular weight excluding hydrogens is 762 g/mol. The Bertz CT molecular complexity index is 743. The van der Waals surface area contributed by atoms with Crippen molar-refractivity contribution < 1.29 is 109 Å². The van der Waals surface area contributed by atoms with Crippen LogP contribution in [0.15, 0.2) is 0 Å². The third-order valence-corrected chi connectivity index (χ3v) is 6.84. The molecule has 1 radical (unpaired) electrons. The molecule has 1 atom stereocenters. The van der Waals surface area contributed by atoms with Crippen LogP contribution >= 0.6 is 0 Å². The Morgan fingerprint density at radius 2 is 0.913 bits per heavy atom. The standard InChI is InChI=1S/C27H50N4O12.Gd.2H2O/c32-25(33)19-29-3-1-28(2-4-30(20-26(34)35)6-8-31(7-5-29)21-27(36)37)9-10-41-22-24-23-42-16-15-39-12-11-38-13-14-40-17-18-43-24;;;/h24H,1-23H2,(H,32,33)(H,34,35)(H,36,37);;2*1H2/q;+3;;/p-3. The molecule has 2 saturated heterocycles. The fourth-order valence-corrected chi connectivity index (χ4v) is 4.53. The van der Waals surface area contributed by atoms with Crippen LogP contribution in [0.4, 0.5) is 0 Å². The van der Waals surface area contributed by atoms with E-state index in [2.05, 4.69) is 4.90 Å². The molecule has 19 heteroatoms. The van der Waals surface area contributed by atoms with Crippen LogP contribution in [0.3, 0.4) is 0 Å². The summed E-state index contributed by atoms with van der Waals surface area (Å²) in [6, 6.07) is 0. The zero-order valence-electron chi connectivity index (χ0n) is 26.4. The van der Waals surface area contributed by atoms with E-state index in [9.17, 15) is 29.7 Å². The van der Waals surface area contributed by atoms with Crippen LogP contribution in [0.2, 0.25) is 0 Å². The van der Waals surface area contributed by atoms with E-state index in [0.29, 0.717) is 118 Å². The number of ether oxygens (including phenoxy) is 6. The molecule has 1 unspecified atom stereocenters. The normalized spacial score (nSPS) is 21.8. The molecule has 271 valence electrons. The van der Waals surface area contributed by atoms with Gasteiger partial charge in [0.25, 0.3) is 0 Å². The molecule has 2 aliphatic rings. The molecule has 0 aromatic carbocycles. The second-order valence-electron chi connectivity index (χ2n) is 10.3. The summed E-state index contributed by atoms with van der Waals surface area (Å²) in [6.45, 7) is 7.07. The summed E-state index contributed by atoms with van der Waals surface area (Å²) in [6.07, 6.45) is -0.308. The minimum Gasteiger partial charge on any atom is -0.549 e. The molecular formula is C27H51GdN4O14. The fourth-order valence-electron chi connectivity index (χ4n) is 4.53. The SMILES string of the molecule is O.O.O=C([O-])CN1CCN(CCOCC2COCCOCCOCCOCCO2)CCN(CC(=O)[O-])CCN(CC(=O)[O-])CC1.[Gd+3]. The Morgan fingerprint density at radius 1 is 0.565 bits per heavy atom. The topological polar surface area (TPSA) is 252 Å².